The molecule has 0 aromatic heterocycles. The van der Waals surface area contributed by atoms with Gasteiger partial charge < -0.3 is 10.0 Å². The van der Waals surface area contributed by atoms with Crippen LogP contribution in [-0.2, 0) is 19.4 Å². The first-order valence-corrected chi connectivity index (χ1v) is 15.2. The van der Waals surface area contributed by atoms with Gasteiger partial charge >= 0.3 is 5.97 Å². The van der Waals surface area contributed by atoms with Gasteiger partial charge in [-0.3, -0.25) is 9.59 Å². The van der Waals surface area contributed by atoms with Gasteiger partial charge in [-0.1, -0.05) is 67.7 Å². The Hall–Kier alpha value is -2.09. The zero-order valence-corrected chi connectivity index (χ0v) is 23.4. The topological polar surface area (TPSA) is 91.8 Å². The highest BCUT2D eigenvalue weighted by molar-refractivity contribution is 7.92. The minimum atomic E-state index is -3.42. The van der Waals surface area contributed by atoms with E-state index in [2.05, 4.69) is 0 Å². The van der Waals surface area contributed by atoms with Crippen molar-refractivity contribution in [3.63, 3.8) is 0 Å². The number of carbonyl (C=O) groups is 2. The Bertz CT molecular complexity index is 1260. The monoisotopic (exact) mass is 565 g/mol. The zero-order chi connectivity index (χ0) is 27.0. The van der Waals surface area contributed by atoms with E-state index in [1.54, 1.807) is 30.0 Å². The summed E-state index contributed by atoms with van der Waals surface area (Å²) in [6, 6.07) is 13.5. The fourth-order valence-electron chi connectivity index (χ4n) is 5.81. The number of rotatable bonds is 9. The van der Waals surface area contributed by atoms with Crippen LogP contribution in [-0.4, -0.2) is 47.3 Å². The third-order valence-corrected chi connectivity index (χ3v) is 10.8. The molecule has 0 spiro atoms. The number of nitrogens with zero attached hydrogens (tertiary/aromatic N) is 1. The molecule has 2 aromatic carbocycles. The summed E-state index contributed by atoms with van der Waals surface area (Å²) in [6.07, 6.45) is 2.55. The molecule has 2 aliphatic rings. The lowest BCUT2D eigenvalue weighted by molar-refractivity contribution is -0.160. The molecule has 1 amide bonds. The van der Waals surface area contributed by atoms with Crippen LogP contribution in [0, 0.1) is 5.41 Å². The van der Waals surface area contributed by atoms with Gasteiger partial charge in [0.1, 0.15) is 0 Å². The molecule has 1 aliphatic carbocycles. The van der Waals surface area contributed by atoms with Crippen LogP contribution in [0.15, 0.2) is 48.5 Å². The van der Waals surface area contributed by atoms with Crippen molar-refractivity contribution < 1.29 is 23.1 Å². The van der Waals surface area contributed by atoms with Crippen LogP contribution < -0.4 is 0 Å². The summed E-state index contributed by atoms with van der Waals surface area (Å²) >= 11 is 12.5. The summed E-state index contributed by atoms with van der Waals surface area (Å²) < 4.78 is 26.6. The molecule has 37 heavy (non-hydrogen) atoms. The molecule has 2 aromatic rings. The predicted molar refractivity (Wildman–Crippen MR) is 146 cm³/mol. The number of piperidine rings is 1. The van der Waals surface area contributed by atoms with E-state index >= 15 is 0 Å². The second-order valence-electron chi connectivity index (χ2n) is 10.7. The van der Waals surface area contributed by atoms with Crippen molar-refractivity contribution in [3.8, 4) is 0 Å². The van der Waals surface area contributed by atoms with Crippen LogP contribution in [0.2, 0.25) is 10.0 Å². The average Bonchev–Trinajstić information content (AvgIpc) is 2.78. The third kappa shape index (κ3) is 5.84. The standard InChI is InChI=1S/C28H33Cl2NO5S/c1-3-22(17-37(35,36)23-8-5-9-23)31-26(18-10-12-20(29)13-11-18)24(19-6-4-7-21(30)14-19)15-28(2,27(31)34)16-25(32)33/h4,6-7,10-14,22-24,26H,3,5,8-9,15-17H2,1-2H3,(H,32,33)/t22?,24?,26-,28-/m1/s1. The Balaban J connectivity index is 1.88. The van der Waals surface area contributed by atoms with E-state index in [1.807, 2.05) is 37.3 Å². The van der Waals surface area contributed by atoms with Crippen LogP contribution in [0.1, 0.15) is 75.5 Å². The van der Waals surface area contributed by atoms with Gasteiger partial charge in [0, 0.05) is 22.0 Å². The van der Waals surface area contributed by atoms with Crippen molar-refractivity contribution >= 4 is 44.9 Å². The maximum Gasteiger partial charge on any atom is 0.304 e. The van der Waals surface area contributed by atoms with Crippen molar-refractivity contribution in [1.29, 1.82) is 0 Å². The molecule has 2 unspecified atom stereocenters. The van der Waals surface area contributed by atoms with Gasteiger partial charge in [0.2, 0.25) is 5.91 Å². The number of sulfone groups is 1. The molecule has 1 heterocycles. The Labute approximate surface area is 228 Å². The number of carbonyl (C=O) groups excluding carboxylic acids is 1. The average molecular weight is 567 g/mol. The molecule has 1 N–H and O–H groups in total. The van der Waals surface area contributed by atoms with Crippen LogP contribution in [0.4, 0.5) is 0 Å². The van der Waals surface area contributed by atoms with E-state index in [-0.39, 0.29) is 35.7 Å². The second-order valence-corrected chi connectivity index (χ2v) is 13.8. The smallest absolute Gasteiger partial charge is 0.304 e. The van der Waals surface area contributed by atoms with Gasteiger partial charge in [0.25, 0.3) is 0 Å². The van der Waals surface area contributed by atoms with Gasteiger partial charge in [-0.2, -0.15) is 0 Å². The number of aliphatic carboxylic acids is 1. The Kier molecular flexibility index (Phi) is 8.27. The number of carboxylic acid groups (broad SMARTS) is 1. The summed E-state index contributed by atoms with van der Waals surface area (Å²) in [5.41, 5.74) is 0.480. The lowest BCUT2D eigenvalue weighted by Gasteiger charge is -2.52. The van der Waals surface area contributed by atoms with Gasteiger partial charge in [-0.15, -0.1) is 0 Å². The highest BCUT2D eigenvalue weighted by atomic mass is 35.5. The third-order valence-electron chi connectivity index (χ3n) is 7.98. The van der Waals surface area contributed by atoms with E-state index in [4.69, 9.17) is 23.2 Å². The normalized spacial score (nSPS) is 25.5. The largest absolute Gasteiger partial charge is 0.481 e. The Morgan fingerprint density at radius 3 is 2.32 bits per heavy atom. The van der Waals surface area contributed by atoms with Gasteiger partial charge in [-0.05, 0) is 61.1 Å². The molecule has 200 valence electrons. The van der Waals surface area contributed by atoms with Crippen molar-refractivity contribution in [2.24, 2.45) is 5.41 Å². The minimum Gasteiger partial charge on any atom is -0.481 e. The summed E-state index contributed by atoms with van der Waals surface area (Å²) in [5, 5.41) is 10.5. The van der Waals surface area contributed by atoms with Gasteiger partial charge in [0.15, 0.2) is 9.84 Å². The van der Waals surface area contributed by atoms with Crippen LogP contribution in [0.5, 0.6) is 0 Å². The van der Waals surface area contributed by atoms with Crippen molar-refractivity contribution in [2.75, 3.05) is 5.75 Å². The van der Waals surface area contributed by atoms with Crippen molar-refractivity contribution in [2.45, 2.75) is 75.6 Å². The number of benzene rings is 2. The molecule has 1 saturated heterocycles. The van der Waals surface area contributed by atoms with E-state index in [1.165, 1.54) is 0 Å². The highest BCUT2D eigenvalue weighted by Gasteiger charge is 2.53. The summed E-state index contributed by atoms with van der Waals surface area (Å²) in [5.74, 6) is -1.85. The fourth-order valence-corrected chi connectivity index (χ4v) is 8.39. The van der Waals surface area contributed by atoms with Crippen LogP contribution in [0.3, 0.4) is 0 Å². The molecule has 1 saturated carbocycles. The summed E-state index contributed by atoms with van der Waals surface area (Å²) in [6.45, 7) is 3.56. The molecular weight excluding hydrogens is 533 g/mol. The van der Waals surface area contributed by atoms with E-state index < -0.39 is 33.3 Å². The quantitative estimate of drug-likeness (QED) is 0.386. The first kappa shape index (κ1) is 27.9. The number of amides is 1. The van der Waals surface area contributed by atoms with Crippen LogP contribution >= 0.6 is 23.2 Å². The molecule has 4 atom stereocenters. The second kappa shape index (κ2) is 11.0. The Morgan fingerprint density at radius 1 is 1.11 bits per heavy atom. The number of likely N-dealkylation sites (tertiary alicyclic amines) is 1. The van der Waals surface area contributed by atoms with E-state index in [9.17, 15) is 23.1 Å². The first-order chi connectivity index (χ1) is 17.4. The maximum absolute atomic E-state index is 14.2. The van der Waals surface area contributed by atoms with Gasteiger partial charge in [0.05, 0.1) is 28.9 Å². The van der Waals surface area contributed by atoms with Crippen molar-refractivity contribution in [1.82, 2.24) is 4.90 Å². The number of hydrogen-bond acceptors (Lipinski definition) is 4. The number of carboxylic acids is 1. The molecule has 2 fully saturated rings. The molecule has 6 nitrogen and oxygen atoms in total. The molecule has 4 rings (SSSR count). The number of halogens is 2. The molecule has 9 heteroatoms. The highest BCUT2D eigenvalue weighted by Crippen LogP contribution is 2.52. The first-order valence-electron chi connectivity index (χ1n) is 12.7. The SMILES string of the molecule is CCC(CS(=O)(=O)C1CCC1)N1C(=O)[C@@](C)(CC(=O)O)CC(c2cccc(Cl)c2)[C@H]1c1ccc(Cl)cc1. The number of hydrogen-bond donors (Lipinski definition) is 1. The maximum atomic E-state index is 14.2. The molecule has 1 aliphatic heterocycles. The van der Waals surface area contributed by atoms with Gasteiger partial charge in [-0.25, -0.2) is 8.42 Å². The van der Waals surface area contributed by atoms with Crippen LogP contribution in [0.25, 0.3) is 0 Å². The minimum absolute atomic E-state index is 0.143. The van der Waals surface area contributed by atoms with E-state index in [0.29, 0.717) is 29.3 Å². The summed E-state index contributed by atoms with van der Waals surface area (Å²) in [7, 11) is -3.42. The zero-order valence-electron chi connectivity index (χ0n) is 21.1. The summed E-state index contributed by atoms with van der Waals surface area (Å²) in [4.78, 5) is 27.8. The lowest BCUT2D eigenvalue weighted by atomic mass is 9.67. The van der Waals surface area contributed by atoms with E-state index in [0.717, 1.165) is 17.5 Å². The molecular formula is C28H33Cl2NO5S. The molecule has 0 radical (unpaired) electrons. The van der Waals surface area contributed by atoms with Crippen molar-refractivity contribution in [3.05, 3.63) is 69.7 Å². The predicted octanol–water partition coefficient (Wildman–Crippen LogP) is 6.28. The molecule has 0 bridgehead atoms. The fraction of sp³-hybridized carbons (Fsp3) is 0.500. The Morgan fingerprint density at radius 2 is 1.78 bits per heavy atom. The lowest BCUT2D eigenvalue weighted by Crippen LogP contribution is -2.57.